The lowest BCUT2D eigenvalue weighted by Gasteiger charge is -2.31. The molecule has 0 aliphatic carbocycles. The summed E-state index contributed by atoms with van der Waals surface area (Å²) in [6.45, 7) is 1.98. The molecular formula is C13H17ClO4S. The summed E-state index contributed by atoms with van der Waals surface area (Å²) in [6.07, 6.45) is 0.414. The Labute approximate surface area is 118 Å². The van der Waals surface area contributed by atoms with E-state index in [0.29, 0.717) is 10.8 Å². The number of hydrogen-bond acceptors (Lipinski definition) is 4. The Balaban J connectivity index is 2.00. The van der Waals surface area contributed by atoms with Crippen LogP contribution in [0.4, 0.5) is 0 Å². The van der Waals surface area contributed by atoms with Crippen molar-refractivity contribution >= 4 is 21.4 Å². The van der Waals surface area contributed by atoms with Crippen molar-refractivity contribution in [3.8, 4) is 5.75 Å². The maximum Gasteiger partial charge on any atom is 0.150 e. The highest BCUT2D eigenvalue weighted by Gasteiger charge is 2.36. The molecule has 6 heteroatoms. The normalized spacial score (nSPS) is 21.0. The number of hydrogen-bond donors (Lipinski definition) is 1. The number of halogens is 1. The number of benzene rings is 1. The molecule has 1 saturated heterocycles. The van der Waals surface area contributed by atoms with E-state index in [2.05, 4.69) is 0 Å². The molecule has 0 saturated carbocycles. The van der Waals surface area contributed by atoms with Gasteiger partial charge in [-0.25, -0.2) is 8.42 Å². The van der Waals surface area contributed by atoms with E-state index < -0.39 is 15.4 Å². The highest BCUT2D eigenvalue weighted by Crippen LogP contribution is 2.29. The number of aliphatic hydroxyl groups is 1. The minimum atomic E-state index is -2.99. The van der Waals surface area contributed by atoms with Crippen LogP contribution in [0.5, 0.6) is 5.75 Å². The number of sulfone groups is 1. The first-order chi connectivity index (χ1) is 8.80. The van der Waals surface area contributed by atoms with Crippen LogP contribution in [0, 0.1) is 6.92 Å². The third-order valence-corrected chi connectivity index (χ3v) is 5.30. The lowest BCUT2D eigenvalue weighted by atomic mass is 9.98. The van der Waals surface area contributed by atoms with Gasteiger partial charge in [-0.2, -0.15) is 0 Å². The average Bonchev–Trinajstić information content (AvgIpc) is 2.35. The molecular weight excluding hydrogens is 288 g/mol. The van der Waals surface area contributed by atoms with Gasteiger partial charge in [-0.05, 0) is 37.5 Å². The first-order valence-electron chi connectivity index (χ1n) is 6.11. The van der Waals surface area contributed by atoms with Crippen LogP contribution in [0.3, 0.4) is 0 Å². The molecule has 0 amide bonds. The van der Waals surface area contributed by atoms with Crippen molar-refractivity contribution in [2.45, 2.75) is 25.4 Å². The highest BCUT2D eigenvalue weighted by molar-refractivity contribution is 7.91. The van der Waals surface area contributed by atoms with Gasteiger partial charge in [-0.3, -0.25) is 0 Å². The van der Waals surface area contributed by atoms with Crippen molar-refractivity contribution in [3.05, 3.63) is 28.8 Å². The fraction of sp³-hybridized carbons (Fsp3) is 0.538. The number of ether oxygens (including phenoxy) is 1. The van der Waals surface area contributed by atoms with E-state index in [1.807, 2.05) is 13.0 Å². The van der Waals surface area contributed by atoms with Gasteiger partial charge in [0.15, 0.2) is 9.84 Å². The fourth-order valence-electron chi connectivity index (χ4n) is 2.00. The van der Waals surface area contributed by atoms with Crippen molar-refractivity contribution < 1.29 is 18.3 Å². The van der Waals surface area contributed by atoms with E-state index in [1.54, 1.807) is 12.1 Å². The largest absolute Gasteiger partial charge is 0.489 e. The van der Waals surface area contributed by atoms with E-state index in [9.17, 15) is 13.5 Å². The SMILES string of the molecule is Cc1ccc(Cl)c(OCC2(O)CCS(=O)(=O)CC2)c1. The van der Waals surface area contributed by atoms with Crippen LogP contribution < -0.4 is 4.74 Å². The Morgan fingerprint density at radius 3 is 2.63 bits per heavy atom. The van der Waals surface area contributed by atoms with Crippen LogP contribution >= 0.6 is 11.6 Å². The Morgan fingerprint density at radius 2 is 2.00 bits per heavy atom. The molecule has 19 heavy (non-hydrogen) atoms. The lowest BCUT2D eigenvalue weighted by Crippen LogP contribution is -2.43. The predicted octanol–water partition coefficient (Wildman–Crippen LogP) is 1.97. The molecule has 0 atom stereocenters. The monoisotopic (exact) mass is 304 g/mol. The summed E-state index contributed by atoms with van der Waals surface area (Å²) in [5.74, 6) is 0.534. The first kappa shape index (κ1) is 14.6. The quantitative estimate of drug-likeness (QED) is 0.927. The van der Waals surface area contributed by atoms with Gasteiger partial charge in [0, 0.05) is 0 Å². The van der Waals surface area contributed by atoms with E-state index in [-0.39, 0.29) is 31.0 Å². The van der Waals surface area contributed by atoms with Crippen LogP contribution in [0.15, 0.2) is 18.2 Å². The van der Waals surface area contributed by atoms with Crippen molar-refractivity contribution in [2.75, 3.05) is 18.1 Å². The first-order valence-corrected chi connectivity index (χ1v) is 8.31. The predicted molar refractivity (Wildman–Crippen MR) is 74.5 cm³/mol. The molecule has 2 rings (SSSR count). The molecule has 0 radical (unpaired) electrons. The summed E-state index contributed by atoms with van der Waals surface area (Å²) in [4.78, 5) is 0. The molecule has 1 heterocycles. The van der Waals surface area contributed by atoms with Gasteiger partial charge in [-0.1, -0.05) is 17.7 Å². The van der Waals surface area contributed by atoms with Crippen LogP contribution in [-0.2, 0) is 9.84 Å². The maximum absolute atomic E-state index is 11.3. The molecule has 1 aromatic rings. The zero-order chi connectivity index (χ0) is 14.1. The van der Waals surface area contributed by atoms with Crippen molar-refractivity contribution in [2.24, 2.45) is 0 Å². The second kappa shape index (κ2) is 5.31. The molecule has 0 aromatic heterocycles. The Kier molecular flexibility index (Phi) is 4.08. The zero-order valence-electron chi connectivity index (χ0n) is 10.7. The Bertz CT molecular complexity index is 554. The third kappa shape index (κ3) is 3.84. The van der Waals surface area contributed by atoms with Crippen molar-refractivity contribution in [3.63, 3.8) is 0 Å². The smallest absolute Gasteiger partial charge is 0.150 e. The molecule has 1 aromatic carbocycles. The van der Waals surface area contributed by atoms with Crippen LogP contribution in [0.2, 0.25) is 5.02 Å². The summed E-state index contributed by atoms with van der Waals surface area (Å²) in [5, 5.41) is 10.8. The lowest BCUT2D eigenvalue weighted by molar-refractivity contribution is -0.0128. The van der Waals surface area contributed by atoms with Crippen LogP contribution in [0.25, 0.3) is 0 Å². The molecule has 0 spiro atoms. The fourth-order valence-corrected chi connectivity index (χ4v) is 3.75. The molecule has 4 nitrogen and oxygen atoms in total. The minimum Gasteiger partial charge on any atom is -0.489 e. The highest BCUT2D eigenvalue weighted by atomic mass is 35.5. The average molecular weight is 305 g/mol. The maximum atomic E-state index is 11.3. The van der Waals surface area contributed by atoms with E-state index in [0.717, 1.165) is 5.56 Å². The second-order valence-corrected chi connectivity index (χ2v) is 7.81. The summed E-state index contributed by atoms with van der Waals surface area (Å²) in [6, 6.07) is 5.41. The summed E-state index contributed by atoms with van der Waals surface area (Å²) in [5.41, 5.74) is -0.0732. The standard InChI is InChI=1S/C13H17ClO4S/c1-10-2-3-11(14)12(8-10)18-9-13(15)4-6-19(16,17)7-5-13/h2-3,8,15H,4-7,9H2,1H3. The molecule has 1 aliphatic heterocycles. The van der Waals surface area contributed by atoms with Crippen molar-refractivity contribution in [1.82, 2.24) is 0 Å². The topological polar surface area (TPSA) is 63.6 Å². The molecule has 106 valence electrons. The van der Waals surface area contributed by atoms with Gasteiger partial charge in [0.2, 0.25) is 0 Å². The van der Waals surface area contributed by atoms with Gasteiger partial charge in [-0.15, -0.1) is 0 Å². The van der Waals surface area contributed by atoms with Gasteiger partial charge in [0.05, 0.1) is 16.5 Å². The molecule has 1 fully saturated rings. The number of rotatable bonds is 3. The van der Waals surface area contributed by atoms with E-state index in [4.69, 9.17) is 16.3 Å². The van der Waals surface area contributed by atoms with Crippen molar-refractivity contribution in [1.29, 1.82) is 0 Å². The molecule has 0 unspecified atom stereocenters. The summed E-state index contributed by atoms with van der Waals surface area (Å²) < 4.78 is 28.2. The second-order valence-electron chi connectivity index (χ2n) is 5.10. The summed E-state index contributed by atoms with van der Waals surface area (Å²) in [7, 11) is -2.99. The summed E-state index contributed by atoms with van der Waals surface area (Å²) >= 11 is 6.00. The number of aryl methyl sites for hydroxylation is 1. The Morgan fingerprint density at radius 1 is 1.37 bits per heavy atom. The van der Waals surface area contributed by atoms with Gasteiger partial charge in [0.25, 0.3) is 0 Å². The van der Waals surface area contributed by atoms with Crippen LogP contribution in [0.1, 0.15) is 18.4 Å². The van der Waals surface area contributed by atoms with E-state index >= 15 is 0 Å². The Hall–Kier alpha value is -0.780. The third-order valence-electron chi connectivity index (χ3n) is 3.34. The zero-order valence-corrected chi connectivity index (χ0v) is 12.3. The molecule has 1 aliphatic rings. The van der Waals surface area contributed by atoms with Gasteiger partial charge < -0.3 is 9.84 Å². The van der Waals surface area contributed by atoms with Crippen LogP contribution in [-0.4, -0.2) is 37.2 Å². The van der Waals surface area contributed by atoms with E-state index in [1.165, 1.54) is 0 Å². The van der Waals surface area contributed by atoms with Gasteiger partial charge >= 0.3 is 0 Å². The van der Waals surface area contributed by atoms with Gasteiger partial charge in [0.1, 0.15) is 18.0 Å². The molecule has 1 N–H and O–H groups in total. The minimum absolute atomic E-state index is 0.00834. The molecule has 0 bridgehead atoms.